The highest BCUT2D eigenvalue weighted by atomic mass is 19.3. The van der Waals surface area contributed by atoms with Crippen LogP contribution in [0.1, 0.15) is 6.92 Å². The number of piperazine rings is 1. The number of para-hydroxylation sites is 2. The lowest BCUT2D eigenvalue weighted by molar-refractivity contribution is -0.120. The third-order valence-electron chi connectivity index (χ3n) is 4.58. The van der Waals surface area contributed by atoms with Gasteiger partial charge in [-0.25, -0.2) is 4.98 Å². The van der Waals surface area contributed by atoms with E-state index >= 15 is 0 Å². The van der Waals surface area contributed by atoms with E-state index in [1.807, 2.05) is 25.1 Å². The Hall–Kier alpha value is -2.74. The number of aromatic nitrogens is 1. The van der Waals surface area contributed by atoms with Gasteiger partial charge in [0.25, 0.3) is 0 Å². The van der Waals surface area contributed by atoms with Crippen molar-refractivity contribution in [1.82, 2.24) is 9.88 Å². The molecule has 6 nitrogen and oxygen atoms in total. The number of hydrogen-bond acceptors (Lipinski definition) is 5. The second kappa shape index (κ2) is 8.77. The molecule has 144 valence electrons. The minimum Gasteiger partial charge on any atom is -0.433 e. The first-order valence-electron chi connectivity index (χ1n) is 8.79. The van der Waals surface area contributed by atoms with Gasteiger partial charge in [0.2, 0.25) is 5.91 Å². The molecule has 0 bridgehead atoms. The number of hydrogen-bond donors (Lipinski definition) is 1. The van der Waals surface area contributed by atoms with Crippen molar-refractivity contribution in [2.75, 3.05) is 36.4 Å². The van der Waals surface area contributed by atoms with Gasteiger partial charge in [-0.15, -0.1) is 0 Å². The minimum atomic E-state index is -2.94. The minimum absolute atomic E-state index is 0.0481. The largest absolute Gasteiger partial charge is 0.433 e. The van der Waals surface area contributed by atoms with Crippen LogP contribution in [-0.4, -0.2) is 54.6 Å². The lowest BCUT2D eigenvalue weighted by Crippen LogP contribution is -2.53. The van der Waals surface area contributed by atoms with Crippen molar-refractivity contribution in [3.63, 3.8) is 0 Å². The average molecular weight is 376 g/mol. The zero-order valence-corrected chi connectivity index (χ0v) is 15.0. The molecule has 1 aliphatic rings. The summed E-state index contributed by atoms with van der Waals surface area (Å²) >= 11 is 0. The van der Waals surface area contributed by atoms with E-state index in [2.05, 4.69) is 24.8 Å². The zero-order chi connectivity index (χ0) is 19.2. The fraction of sp³-hybridized carbons (Fsp3) is 0.368. The van der Waals surface area contributed by atoms with Gasteiger partial charge < -0.3 is 15.0 Å². The normalized spacial score (nSPS) is 16.2. The Balaban J connectivity index is 1.57. The molecule has 1 aromatic carbocycles. The number of anilines is 2. The molecule has 0 spiro atoms. The van der Waals surface area contributed by atoms with Crippen LogP contribution < -0.4 is 15.0 Å². The maximum absolute atomic E-state index is 12.6. The molecule has 2 aromatic rings. The van der Waals surface area contributed by atoms with Crippen LogP contribution in [0.3, 0.4) is 0 Å². The second-order valence-corrected chi connectivity index (χ2v) is 6.25. The summed E-state index contributed by atoms with van der Waals surface area (Å²) in [7, 11) is 0. The predicted molar refractivity (Wildman–Crippen MR) is 99.2 cm³/mol. The Morgan fingerprint density at radius 2 is 1.81 bits per heavy atom. The van der Waals surface area contributed by atoms with E-state index in [0.717, 1.165) is 18.9 Å². The maximum Gasteiger partial charge on any atom is 0.387 e. The Bertz CT molecular complexity index is 752. The summed E-state index contributed by atoms with van der Waals surface area (Å²) in [4.78, 5) is 21.2. The van der Waals surface area contributed by atoms with E-state index in [1.54, 1.807) is 24.4 Å². The highest BCUT2D eigenvalue weighted by Gasteiger charge is 2.26. The Labute approximate surface area is 156 Å². The van der Waals surface area contributed by atoms with Crippen LogP contribution >= 0.6 is 0 Å². The quantitative estimate of drug-likeness (QED) is 0.840. The Morgan fingerprint density at radius 3 is 2.48 bits per heavy atom. The van der Waals surface area contributed by atoms with Crippen molar-refractivity contribution in [1.29, 1.82) is 0 Å². The van der Waals surface area contributed by atoms with E-state index in [-0.39, 0.29) is 17.3 Å². The summed E-state index contributed by atoms with van der Waals surface area (Å²) in [6.07, 6.45) is 1.76. The van der Waals surface area contributed by atoms with Crippen LogP contribution in [0.15, 0.2) is 48.7 Å². The number of rotatable bonds is 6. The topological polar surface area (TPSA) is 57.7 Å². The number of carbonyl (C=O) groups excluding carboxylic acids is 1. The first kappa shape index (κ1) is 19.0. The smallest absolute Gasteiger partial charge is 0.387 e. The number of halogens is 2. The lowest BCUT2D eigenvalue weighted by Gasteiger charge is -2.38. The third-order valence-corrected chi connectivity index (χ3v) is 4.58. The molecule has 3 rings (SSSR count). The molecule has 2 heterocycles. The highest BCUT2D eigenvalue weighted by molar-refractivity contribution is 5.95. The van der Waals surface area contributed by atoms with E-state index in [1.165, 1.54) is 6.07 Å². The van der Waals surface area contributed by atoms with Crippen LogP contribution in [0.5, 0.6) is 5.75 Å². The standard InChI is InChI=1S/C19H22F2N4O2/c1-14(18(26)23-15-6-2-3-7-16(15)27-19(20)21)24-10-12-25(13-11-24)17-8-4-5-9-22-17/h2-9,14,19H,10-13H2,1H3,(H,23,26)/t14-/m0/s1. The molecule has 1 aromatic heterocycles. The van der Waals surface area contributed by atoms with E-state index in [9.17, 15) is 13.6 Å². The fourth-order valence-corrected chi connectivity index (χ4v) is 3.05. The van der Waals surface area contributed by atoms with Crippen LogP contribution in [0, 0.1) is 0 Å². The summed E-state index contributed by atoms with van der Waals surface area (Å²) in [5.41, 5.74) is 0.238. The van der Waals surface area contributed by atoms with Gasteiger partial charge >= 0.3 is 6.61 Å². The molecule has 1 amide bonds. The molecule has 0 saturated carbocycles. The number of alkyl halides is 2. The molecular weight excluding hydrogens is 354 g/mol. The van der Waals surface area contributed by atoms with E-state index in [0.29, 0.717) is 13.1 Å². The summed E-state index contributed by atoms with van der Waals surface area (Å²) in [6, 6.07) is 11.6. The van der Waals surface area contributed by atoms with Gasteiger partial charge in [0.1, 0.15) is 11.6 Å². The van der Waals surface area contributed by atoms with Crippen molar-refractivity contribution >= 4 is 17.4 Å². The Kier molecular flexibility index (Phi) is 6.18. The van der Waals surface area contributed by atoms with Crippen molar-refractivity contribution in [3.05, 3.63) is 48.7 Å². The van der Waals surface area contributed by atoms with Crippen molar-refractivity contribution in [2.24, 2.45) is 0 Å². The number of benzene rings is 1. The molecule has 1 N–H and O–H groups in total. The van der Waals surface area contributed by atoms with Gasteiger partial charge in [-0.3, -0.25) is 9.69 Å². The first-order valence-corrected chi connectivity index (χ1v) is 8.79. The molecule has 0 unspecified atom stereocenters. The molecular formula is C19H22F2N4O2. The average Bonchev–Trinajstić information content (AvgIpc) is 2.69. The number of nitrogens with zero attached hydrogens (tertiary/aromatic N) is 3. The maximum atomic E-state index is 12.6. The van der Waals surface area contributed by atoms with Crippen molar-refractivity contribution in [2.45, 2.75) is 19.6 Å². The van der Waals surface area contributed by atoms with Gasteiger partial charge in [-0.2, -0.15) is 8.78 Å². The van der Waals surface area contributed by atoms with Crippen LogP contribution in [-0.2, 0) is 4.79 Å². The summed E-state index contributed by atoms with van der Waals surface area (Å²) in [6.45, 7) is 1.81. The van der Waals surface area contributed by atoms with Crippen LogP contribution in [0.4, 0.5) is 20.3 Å². The van der Waals surface area contributed by atoms with Gasteiger partial charge in [0, 0.05) is 32.4 Å². The van der Waals surface area contributed by atoms with E-state index < -0.39 is 12.7 Å². The van der Waals surface area contributed by atoms with Gasteiger partial charge in [0.05, 0.1) is 11.7 Å². The summed E-state index contributed by atoms with van der Waals surface area (Å²) in [5, 5.41) is 2.69. The third kappa shape index (κ3) is 4.91. The van der Waals surface area contributed by atoms with Gasteiger partial charge in [0.15, 0.2) is 0 Å². The summed E-state index contributed by atoms with van der Waals surface area (Å²) < 4.78 is 29.5. The number of pyridine rings is 1. The molecule has 1 fully saturated rings. The zero-order valence-electron chi connectivity index (χ0n) is 15.0. The lowest BCUT2D eigenvalue weighted by atomic mass is 10.2. The number of ether oxygens (including phenoxy) is 1. The predicted octanol–water partition coefficient (Wildman–Crippen LogP) is 2.83. The molecule has 27 heavy (non-hydrogen) atoms. The molecule has 0 radical (unpaired) electrons. The number of nitrogens with one attached hydrogen (secondary N) is 1. The fourth-order valence-electron chi connectivity index (χ4n) is 3.05. The molecule has 1 atom stereocenters. The van der Waals surface area contributed by atoms with Crippen molar-refractivity contribution in [3.8, 4) is 5.75 Å². The molecule has 1 saturated heterocycles. The van der Waals surface area contributed by atoms with Gasteiger partial charge in [-0.05, 0) is 31.2 Å². The second-order valence-electron chi connectivity index (χ2n) is 6.25. The Morgan fingerprint density at radius 1 is 1.11 bits per heavy atom. The highest BCUT2D eigenvalue weighted by Crippen LogP contribution is 2.26. The first-order chi connectivity index (χ1) is 13.0. The summed E-state index contributed by atoms with van der Waals surface area (Å²) in [5.74, 6) is 0.618. The SMILES string of the molecule is C[C@@H](C(=O)Nc1ccccc1OC(F)F)N1CCN(c2ccccn2)CC1. The van der Waals surface area contributed by atoms with Crippen molar-refractivity contribution < 1.29 is 18.3 Å². The monoisotopic (exact) mass is 376 g/mol. The number of amides is 1. The van der Waals surface area contributed by atoms with E-state index in [4.69, 9.17) is 0 Å². The molecule has 0 aliphatic carbocycles. The molecule has 1 aliphatic heterocycles. The van der Waals surface area contributed by atoms with Crippen LogP contribution in [0.25, 0.3) is 0 Å². The molecule has 8 heteroatoms. The number of carbonyl (C=O) groups is 1. The van der Waals surface area contributed by atoms with Crippen LogP contribution in [0.2, 0.25) is 0 Å². The van der Waals surface area contributed by atoms with Gasteiger partial charge in [-0.1, -0.05) is 18.2 Å².